The molecule has 1 aromatic rings. The average Bonchev–Trinajstić information content (AvgIpc) is 2.83. The molecule has 2 saturated heterocycles. The minimum atomic E-state index is -2.93. The SMILES string of the molecule is O=S1(=O)C[C@@H](N2CCCCC2)[C@H](NCc2ccc(Cl)cc2)C1. The van der Waals surface area contributed by atoms with Crippen LogP contribution in [0.3, 0.4) is 0 Å². The maximum atomic E-state index is 12.1. The number of nitrogens with zero attached hydrogens (tertiary/aromatic N) is 1. The van der Waals surface area contributed by atoms with E-state index < -0.39 is 9.84 Å². The number of piperidine rings is 1. The number of sulfone groups is 1. The molecule has 122 valence electrons. The van der Waals surface area contributed by atoms with Gasteiger partial charge in [0.25, 0.3) is 0 Å². The molecule has 2 heterocycles. The molecule has 1 N–H and O–H groups in total. The van der Waals surface area contributed by atoms with E-state index in [1.165, 1.54) is 19.3 Å². The first-order valence-corrected chi connectivity index (χ1v) is 10.2. The van der Waals surface area contributed by atoms with Crippen LogP contribution in [0.1, 0.15) is 24.8 Å². The smallest absolute Gasteiger partial charge is 0.153 e. The Kier molecular flexibility index (Phi) is 5.07. The minimum Gasteiger partial charge on any atom is -0.307 e. The number of halogens is 1. The van der Waals surface area contributed by atoms with Gasteiger partial charge in [-0.3, -0.25) is 4.90 Å². The van der Waals surface area contributed by atoms with E-state index in [0.717, 1.165) is 23.7 Å². The van der Waals surface area contributed by atoms with Crippen molar-refractivity contribution < 1.29 is 8.42 Å². The van der Waals surface area contributed by atoms with Gasteiger partial charge in [0.1, 0.15) is 0 Å². The van der Waals surface area contributed by atoms with Gasteiger partial charge in [-0.25, -0.2) is 8.42 Å². The van der Waals surface area contributed by atoms with Gasteiger partial charge in [0.05, 0.1) is 11.5 Å². The molecule has 4 nitrogen and oxygen atoms in total. The van der Waals surface area contributed by atoms with E-state index in [1.54, 1.807) is 0 Å². The van der Waals surface area contributed by atoms with Gasteiger partial charge in [0.15, 0.2) is 9.84 Å². The van der Waals surface area contributed by atoms with Gasteiger partial charge < -0.3 is 5.32 Å². The number of hydrogen-bond acceptors (Lipinski definition) is 4. The summed E-state index contributed by atoms with van der Waals surface area (Å²) in [7, 11) is -2.93. The highest BCUT2D eigenvalue weighted by Gasteiger charge is 2.40. The summed E-state index contributed by atoms with van der Waals surface area (Å²) in [6.07, 6.45) is 3.62. The second kappa shape index (κ2) is 6.87. The zero-order valence-electron chi connectivity index (χ0n) is 12.7. The first-order valence-electron chi connectivity index (χ1n) is 7.96. The topological polar surface area (TPSA) is 49.4 Å². The molecule has 2 aliphatic heterocycles. The standard InChI is InChI=1S/C16H23ClN2O2S/c17-14-6-4-13(5-7-14)10-18-15-11-22(20,21)12-16(15)19-8-2-1-3-9-19/h4-7,15-16,18H,1-3,8-12H2/t15-,16-/m1/s1. The molecule has 0 radical (unpaired) electrons. The summed E-state index contributed by atoms with van der Waals surface area (Å²) in [5.74, 6) is 0.549. The summed E-state index contributed by atoms with van der Waals surface area (Å²) in [5, 5.41) is 4.18. The highest BCUT2D eigenvalue weighted by atomic mass is 35.5. The number of nitrogens with one attached hydrogen (secondary N) is 1. The molecule has 0 saturated carbocycles. The van der Waals surface area contributed by atoms with Crippen molar-refractivity contribution in [1.82, 2.24) is 10.2 Å². The molecular weight excluding hydrogens is 320 g/mol. The van der Waals surface area contributed by atoms with Crippen molar-refractivity contribution in [3.63, 3.8) is 0 Å². The Hall–Kier alpha value is -0.620. The fraction of sp³-hybridized carbons (Fsp3) is 0.625. The summed E-state index contributed by atoms with van der Waals surface area (Å²) in [6.45, 7) is 2.74. The van der Waals surface area contributed by atoms with E-state index in [4.69, 9.17) is 11.6 Å². The summed E-state index contributed by atoms with van der Waals surface area (Å²) >= 11 is 5.89. The molecule has 22 heavy (non-hydrogen) atoms. The lowest BCUT2D eigenvalue weighted by atomic mass is 10.0. The molecule has 2 fully saturated rings. The second-order valence-electron chi connectivity index (χ2n) is 6.35. The Morgan fingerprint density at radius 2 is 1.77 bits per heavy atom. The summed E-state index contributed by atoms with van der Waals surface area (Å²) in [6, 6.07) is 7.85. The van der Waals surface area contributed by atoms with Gasteiger partial charge in [-0.05, 0) is 43.6 Å². The zero-order valence-corrected chi connectivity index (χ0v) is 14.2. The lowest BCUT2D eigenvalue weighted by Crippen LogP contribution is -2.50. The molecule has 0 amide bonds. The molecule has 0 bridgehead atoms. The van der Waals surface area contributed by atoms with Crippen molar-refractivity contribution in [3.8, 4) is 0 Å². The van der Waals surface area contributed by atoms with Crippen LogP contribution in [0, 0.1) is 0 Å². The molecule has 6 heteroatoms. The lowest BCUT2D eigenvalue weighted by Gasteiger charge is -2.35. The van der Waals surface area contributed by atoms with Crippen LogP contribution in [0.5, 0.6) is 0 Å². The number of benzene rings is 1. The predicted molar refractivity (Wildman–Crippen MR) is 89.9 cm³/mol. The highest BCUT2D eigenvalue weighted by Crippen LogP contribution is 2.22. The van der Waals surface area contributed by atoms with Gasteiger partial charge in [-0.15, -0.1) is 0 Å². The number of likely N-dealkylation sites (tertiary alicyclic amines) is 1. The van der Waals surface area contributed by atoms with Gasteiger partial charge in [0.2, 0.25) is 0 Å². The van der Waals surface area contributed by atoms with E-state index in [1.807, 2.05) is 24.3 Å². The van der Waals surface area contributed by atoms with Crippen LogP contribution in [0.2, 0.25) is 5.02 Å². The normalized spacial score (nSPS) is 28.8. The predicted octanol–water partition coefficient (Wildman–Crippen LogP) is 2.08. The Balaban J connectivity index is 1.65. The van der Waals surface area contributed by atoms with Gasteiger partial charge in [-0.2, -0.15) is 0 Å². The summed E-state index contributed by atoms with van der Waals surface area (Å²) in [5.41, 5.74) is 1.13. The molecule has 1 aromatic carbocycles. The third kappa shape index (κ3) is 4.02. The van der Waals surface area contributed by atoms with Crippen LogP contribution >= 0.6 is 11.6 Å². The molecule has 2 aliphatic rings. The van der Waals surface area contributed by atoms with Gasteiger partial charge in [-0.1, -0.05) is 30.2 Å². The largest absolute Gasteiger partial charge is 0.307 e. The second-order valence-corrected chi connectivity index (χ2v) is 8.94. The van der Waals surface area contributed by atoms with E-state index >= 15 is 0 Å². The fourth-order valence-electron chi connectivity index (χ4n) is 3.49. The van der Waals surface area contributed by atoms with E-state index in [-0.39, 0.29) is 17.8 Å². The van der Waals surface area contributed by atoms with E-state index in [9.17, 15) is 8.42 Å². The van der Waals surface area contributed by atoms with Crippen LogP contribution < -0.4 is 5.32 Å². The third-order valence-corrected chi connectivity index (χ3v) is 6.63. The minimum absolute atomic E-state index is 0.0266. The average molecular weight is 343 g/mol. The van der Waals surface area contributed by atoms with Gasteiger partial charge in [0, 0.05) is 23.7 Å². The monoisotopic (exact) mass is 342 g/mol. The third-order valence-electron chi connectivity index (χ3n) is 4.66. The molecule has 0 spiro atoms. The summed E-state index contributed by atoms with van der Waals surface area (Å²) in [4.78, 5) is 2.37. The van der Waals surface area contributed by atoms with Crippen molar-refractivity contribution in [2.75, 3.05) is 24.6 Å². The Labute approximate surface area is 137 Å². The summed E-state index contributed by atoms with van der Waals surface area (Å²) < 4.78 is 24.1. The Morgan fingerprint density at radius 1 is 1.09 bits per heavy atom. The van der Waals surface area contributed by atoms with Gasteiger partial charge >= 0.3 is 0 Å². The maximum Gasteiger partial charge on any atom is 0.153 e. The maximum absolute atomic E-state index is 12.1. The quantitative estimate of drug-likeness (QED) is 0.910. The molecule has 3 rings (SSSR count). The number of rotatable bonds is 4. The van der Waals surface area contributed by atoms with Crippen LogP contribution in [0.4, 0.5) is 0 Å². The van der Waals surface area contributed by atoms with Crippen LogP contribution in [-0.4, -0.2) is 50.0 Å². The first-order chi connectivity index (χ1) is 10.5. The zero-order chi connectivity index (χ0) is 15.6. The molecule has 2 atom stereocenters. The van der Waals surface area contributed by atoms with Crippen molar-refractivity contribution in [3.05, 3.63) is 34.9 Å². The Morgan fingerprint density at radius 3 is 2.45 bits per heavy atom. The fourth-order valence-corrected chi connectivity index (χ4v) is 5.60. The highest BCUT2D eigenvalue weighted by molar-refractivity contribution is 7.91. The van der Waals surface area contributed by atoms with Crippen molar-refractivity contribution in [2.24, 2.45) is 0 Å². The van der Waals surface area contributed by atoms with Crippen molar-refractivity contribution in [1.29, 1.82) is 0 Å². The van der Waals surface area contributed by atoms with Crippen molar-refractivity contribution in [2.45, 2.75) is 37.9 Å². The van der Waals surface area contributed by atoms with E-state index in [0.29, 0.717) is 12.3 Å². The Bertz CT molecular complexity index is 597. The molecule has 0 aliphatic carbocycles. The number of hydrogen-bond donors (Lipinski definition) is 1. The molecule has 0 unspecified atom stereocenters. The van der Waals surface area contributed by atoms with Crippen LogP contribution in [0.25, 0.3) is 0 Å². The van der Waals surface area contributed by atoms with Crippen LogP contribution in [-0.2, 0) is 16.4 Å². The lowest BCUT2D eigenvalue weighted by molar-refractivity contribution is 0.155. The van der Waals surface area contributed by atoms with Crippen LogP contribution in [0.15, 0.2) is 24.3 Å². The molecular formula is C16H23ClN2O2S. The first kappa shape index (κ1) is 16.2. The van der Waals surface area contributed by atoms with Crippen molar-refractivity contribution >= 4 is 21.4 Å². The van der Waals surface area contributed by atoms with E-state index in [2.05, 4.69) is 10.2 Å². The molecule has 0 aromatic heterocycles.